The van der Waals surface area contributed by atoms with Crippen LogP contribution in [0.1, 0.15) is 17.8 Å². The smallest absolute Gasteiger partial charge is 0.224 e. The maximum Gasteiger partial charge on any atom is 0.224 e. The molecule has 20 heavy (non-hydrogen) atoms. The van der Waals surface area contributed by atoms with Gasteiger partial charge >= 0.3 is 0 Å². The average Bonchev–Trinajstić information content (AvgIpc) is 2.91. The van der Waals surface area contributed by atoms with Crippen molar-refractivity contribution in [3.63, 3.8) is 0 Å². The summed E-state index contributed by atoms with van der Waals surface area (Å²) < 4.78 is 26.1. The largest absolute Gasteiger partial charge is 0.356 e. The van der Waals surface area contributed by atoms with Gasteiger partial charge in [0.2, 0.25) is 5.91 Å². The van der Waals surface area contributed by atoms with Gasteiger partial charge in [-0.25, -0.2) is 13.8 Å². The molecule has 0 saturated carbocycles. The van der Waals surface area contributed by atoms with Crippen molar-refractivity contribution in [3.8, 4) is 0 Å². The van der Waals surface area contributed by atoms with E-state index in [1.807, 2.05) is 0 Å². The summed E-state index contributed by atoms with van der Waals surface area (Å²) >= 11 is 0. The molecule has 0 atom stereocenters. The summed E-state index contributed by atoms with van der Waals surface area (Å²) in [5, 5.41) is 9.11. The summed E-state index contributed by atoms with van der Waals surface area (Å²) in [4.78, 5) is 15.6. The number of carbonyl (C=O) groups excluding carboxylic acids is 1. The van der Waals surface area contributed by atoms with E-state index in [0.29, 0.717) is 19.4 Å². The molecule has 0 aliphatic heterocycles. The van der Waals surface area contributed by atoms with Crippen molar-refractivity contribution in [3.05, 3.63) is 47.5 Å². The van der Waals surface area contributed by atoms with Crippen LogP contribution in [-0.2, 0) is 17.6 Å². The minimum atomic E-state index is -0.707. The number of halogens is 2. The van der Waals surface area contributed by atoms with E-state index in [2.05, 4.69) is 20.5 Å². The van der Waals surface area contributed by atoms with E-state index in [4.69, 9.17) is 0 Å². The maximum absolute atomic E-state index is 13.3. The number of hydrogen-bond donors (Lipinski definition) is 2. The summed E-state index contributed by atoms with van der Waals surface area (Å²) in [6.45, 7) is 0.461. The van der Waals surface area contributed by atoms with Gasteiger partial charge in [-0.1, -0.05) is 6.07 Å². The van der Waals surface area contributed by atoms with Gasteiger partial charge in [-0.05, 0) is 18.1 Å². The minimum Gasteiger partial charge on any atom is -0.356 e. The Morgan fingerprint density at radius 2 is 2.20 bits per heavy atom. The second-order valence-corrected chi connectivity index (χ2v) is 4.30. The first-order valence-corrected chi connectivity index (χ1v) is 6.20. The molecule has 0 radical (unpaired) electrons. The summed E-state index contributed by atoms with van der Waals surface area (Å²) in [5.41, 5.74) is 0.180. The number of amides is 1. The summed E-state index contributed by atoms with van der Waals surface area (Å²) in [6.07, 6.45) is 2.69. The van der Waals surface area contributed by atoms with Gasteiger partial charge < -0.3 is 5.32 Å². The molecule has 0 unspecified atom stereocenters. The topological polar surface area (TPSA) is 70.7 Å². The monoisotopic (exact) mass is 280 g/mol. The fourth-order valence-corrected chi connectivity index (χ4v) is 1.74. The highest BCUT2D eigenvalue weighted by Gasteiger charge is 2.08. The number of aromatic nitrogens is 3. The van der Waals surface area contributed by atoms with Gasteiger partial charge in [0.25, 0.3) is 0 Å². The predicted molar refractivity (Wildman–Crippen MR) is 67.8 cm³/mol. The molecule has 0 saturated heterocycles. The molecule has 1 amide bonds. The standard InChI is InChI=1S/C13H14F2N4O/c14-10-4-3-9(11(15)7-10)6-13(20)16-5-1-2-12-17-8-18-19-12/h3-4,7-8H,1-2,5-6H2,(H,16,20)(H,17,18,19). The number of hydrogen-bond acceptors (Lipinski definition) is 3. The van der Waals surface area contributed by atoms with Crippen molar-refractivity contribution in [2.24, 2.45) is 0 Å². The second kappa shape index (κ2) is 6.74. The number of carbonyl (C=O) groups is 1. The maximum atomic E-state index is 13.3. The molecule has 0 bridgehead atoms. The van der Waals surface area contributed by atoms with Crippen LogP contribution in [-0.4, -0.2) is 27.6 Å². The van der Waals surface area contributed by atoms with E-state index in [0.717, 1.165) is 18.0 Å². The first-order chi connectivity index (χ1) is 9.65. The van der Waals surface area contributed by atoms with Gasteiger partial charge in [0.1, 0.15) is 23.8 Å². The Hall–Kier alpha value is -2.31. The lowest BCUT2D eigenvalue weighted by atomic mass is 10.1. The Labute approximate surface area is 114 Å². The number of rotatable bonds is 6. The molecular formula is C13H14F2N4O. The number of aromatic amines is 1. The summed E-state index contributed by atoms with van der Waals surface area (Å²) in [5.74, 6) is -0.905. The molecule has 106 valence electrons. The first-order valence-electron chi connectivity index (χ1n) is 6.20. The van der Waals surface area contributed by atoms with Crippen LogP contribution in [0.4, 0.5) is 8.78 Å². The van der Waals surface area contributed by atoms with Crippen molar-refractivity contribution < 1.29 is 13.6 Å². The molecular weight excluding hydrogens is 266 g/mol. The molecule has 0 aliphatic carbocycles. The van der Waals surface area contributed by atoms with Crippen LogP contribution in [0.3, 0.4) is 0 Å². The van der Waals surface area contributed by atoms with Crippen molar-refractivity contribution in [2.45, 2.75) is 19.3 Å². The molecule has 0 spiro atoms. The molecule has 0 fully saturated rings. The third-order valence-electron chi connectivity index (χ3n) is 2.74. The van der Waals surface area contributed by atoms with Crippen molar-refractivity contribution in [1.29, 1.82) is 0 Å². The zero-order valence-electron chi connectivity index (χ0n) is 10.7. The Kier molecular flexibility index (Phi) is 4.75. The van der Waals surface area contributed by atoms with Crippen molar-refractivity contribution in [2.75, 3.05) is 6.54 Å². The summed E-state index contributed by atoms with van der Waals surface area (Å²) in [7, 11) is 0. The van der Waals surface area contributed by atoms with E-state index < -0.39 is 11.6 Å². The van der Waals surface area contributed by atoms with E-state index in [9.17, 15) is 13.6 Å². The molecule has 5 nitrogen and oxygen atoms in total. The van der Waals surface area contributed by atoms with E-state index in [1.165, 1.54) is 12.4 Å². The number of nitrogens with zero attached hydrogens (tertiary/aromatic N) is 2. The Balaban J connectivity index is 1.72. The predicted octanol–water partition coefficient (Wildman–Crippen LogP) is 1.37. The quantitative estimate of drug-likeness (QED) is 0.785. The van der Waals surface area contributed by atoms with Crippen molar-refractivity contribution >= 4 is 5.91 Å². The third kappa shape index (κ3) is 4.11. The highest BCUT2D eigenvalue weighted by atomic mass is 19.1. The molecule has 1 aromatic heterocycles. The normalized spacial score (nSPS) is 10.5. The second-order valence-electron chi connectivity index (χ2n) is 4.30. The SMILES string of the molecule is O=C(Cc1ccc(F)cc1F)NCCCc1ncn[nH]1. The van der Waals surface area contributed by atoms with E-state index in [1.54, 1.807) is 0 Å². The Morgan fingerprint density at radius 3 is 2.90 bits per heavy atom. The highest BCUT2D eigenvalue weighted by Crippen LogP contribution is 2.10. The molecule has 7 heteroatoms. The number of H-pyrrole nitrogens is 1. The lowest BCUT2D eigenvalue weighted by molar-refractivity contribution is -0.120. The molecule has 1 heterocycles. The fourth-order valence-electron chi connectivity index (χ4n) is 1.74. The highest BCUT2D eigenvalue weighted by molar-refractivity contribution is 5.78. The lowest BCUT2D eigenvalue weighted by Gasteiger charge is -2.05. The van der Waals surface area contributed by atoms with Crippen LogP contribution in [0.5, 0.6) is 0 Å². The number of aryl methyl sites for hydroxylation is 1. The van der Waals surface area contributed by atoms with Crippen LogP contribution >= 0.6 is 0 Å². The van der Waals surface area contributed by atoms with Crippen LogP contribution in [0.2, 0.25) is 0 Å². The number of nitrogens with one attached hydrogen (secondary N) is 2. The molecule has 0 aliphatic rings. The zero-order chi connectivity index (χ0) is 14.4. The van der Waals surface area contributed by atoms with E-state index in [-0.39, 0.29) is 17.9 Å². The van der Waals surface area contributed by atoms with Gasteiger partial charge in [0.05, 0.1) is 6.42 Å². The molecule has 2 N–H and O–H groups in total. The number of benzene rings is 1. The first kappa shape index (κ1) is 14.1. The van der Waals surface area contributed by atoms with Gasteiger partial charge in [-0.15, -0.1) is 0 Å². The fraction of sp³-hybridized carbons (Fsp3) is 0.308. The van der Waals surface area contributed by atoms with Gasteiger partial charge in [0, 0.05) is 19.0 Å². The molecule has 2 aromatic rings. The van der Waals surface area contributed by atoms with Gasteiger partial charge in [-0.3, -0.25) is 9.89 Å². The Bertz CT molecular complexity index is 572. The lowest BCUT2D eigenvalue weighted by Crippen LogP contribution is -2.26. The van der Waals surface area contributed by atoms with E-state index >= 15 is 0 Å². The minimum absolute atomic E-state index is 0.103. The van der Waals surface area contributed by atoms with Crippen LogP contribution in [0, 0.1) is 11.6 Å². The van der Waals surface area contributed by atoms with Crippen LogP contribution < -0.4 is 5.32 Å². The van der Waals surface area contributed by atoms with Gasteiger partial charge in [-0.2, -0.15) is 5.10 Å². The zero-order valence-corrected chi connectivity index (χ0v) is 10.7. The van der Waals surface area contributed by atoms with Crippen LogP contribution in [0.25, 0.3) is 0 Å². The Morgan fingerprint density at radius 1 is 1.35 bits per heavy atom. The third-order valence-corrected chi connectivity index (χ3v) is 2.74. The molecule has 2 rings (SSSR count). The van der Waals surface area contributed by atoms with Gasteiger partial charge in [0.15, 0.2) is 0 Å². The molecule has 1 aromatic carbocycles. The van der Waals surface area contributed by atoms with Crippen molar-refractivity contribution in [1.82, 2.24) is 20.5 Å². The van der Waals surface area contributed by atoms with Crippen LogP contribution in [0.15, 0.2) is 24.5 Å². The average molecular weight is 280 g/mol. The summed E-state index contributed by atoms with van der Waals surface area (Å²) in [6, 6.07) is 3.18.